The summed E-state index contributed by atoms with van der Waals surface area (Å²) in [4.78, 5) is 49.3. The van der Waals surface area contributed by atoms with Crippen LogP contribution in [0.2, 0.25) is 5.82 Å². The molecule has 1 aromatic carbocycles. The predicted octanol–water partition coefficient (Wildman–Crippen LogP) is 2.50. The van der Waals surface area contributed by atoms with E-state index in [-0.39, 0.29) is 43.2 Å². The van der Waals surface area contributed by atoms with Crippen LogP contribution in [0.25, 0.3) is 0 Å². The van der Waals surface area contributed by atoms with Crippen molar-refractivity contribution in [2.24, 2.45) is 11.0 Å². The average Bonchev–Trinajstić information content (AvgIpc) is 3.56. The van der Waals surface area contributed by atoms with Crippen molar-refractivity contribution >= 4 is 45.4 Å². The monoisotopic (exact) mass is 939 g/mol. The minimum Gasteiger partial charge on any atom is -0.491 e. The smallest absolute Gasteiger partial charge is 0.407 e. The van der Waals surface area contributed by atoms with Crippen molar-refractivity contribution in [2.75, 3.05) is 125 Å². The van der Waals surface area contributed by atoms with Crippen molar-refractivity contribution < 1.29 is 61.8 Å². The molecule has 19 nitrogen and oxygen atoms in total. The molecule has 1 aromatic rings. The molecule has 67 heavy (non-hydrogen) atoms. The standard InChI is InChI=1S/C46H72B2N6O13/c1-35-39-13-12-38(67-46(58)50-16-4-20-60-23-26-62-25-22-59-19-3-15-49-42(55)14-18-54-43(56)34-41(47)45(54)57)6-2-7-40(39)44(53-52-35)36-8-10-37(11-9-36)66-33-32-65-31-30-64-29-28-63-27-24-61-21-5-17-51-48/h8-11,38,40-41,51-52H,2-7,12-34H2,1H3,(H,49,55)(H,50,58). The first-order chi connectivity index (χ1) is 32.8. The minimum absolute atomic E-state index is 0.00821. The van der Waals surface area contributed by atoms with Gasteiger partial charge in [-0.25, -0.2) is 4.79 Å². The highest BCUT2D eigenvalue weighted by molar-refractivity contribution is 6.29. The summed E-state index contributed by atoms with van der Waals surface area (Å²) in [5.41, 5.74) is 7.65. The van der Waals surface area contributed by atoms with Gasteiger partial charge >= 0.3 is 6.09 Å². The third-order valence-corrected chi connectivity index (χ3v) is 11.1. The molecule has 1 saturated carbocycles. The van der Waals surface area contributed by atoms with E-state index in [0.29, 0.717) is 125 Å². The average molecular weight is 939 g/mol. The SMILES string of the molecule is [B]NCCCOCCOCCOCCOCCOc1ccc(C2=NNC(C)=C3CCC(OC(=O)NCCCOCCOCCOCCCNC(=O)CCN4C(=O)CC([B])C4=O)CCCC23)cc1. The number of amides is 4. The molecule has 0 spiro atoms. The third kappa shape index (κ3) is 22.7. The number of rotatable bonds is 36. The molecule has 3 unspecified atom stereocenters. The Hall–Kier alpha value is -4.08. The zero-order valence-electron chi connectivity index (χ0n) is 39.4. The van der Waals surface area contributed by atoms with Crippen LogP contribution in [-0.2, 0) is 52.3 Å². The van der Waals surface area contributed by atoms with Crippen LogP contribution in [0.15, 0.2) is 40.6 Å². The predicted molar refractivity (Wildman–Crippen MR) is 251 cm³/mol. The van der Waals surface area contributed by atoms with Gasteiger partial charge in [-0.3, -0.25) is 24.7 Å². The van der Waals surface area contributed by atoms with E-state index in [4.69, 9.17) is 63.6 Å². The van der Waals surface area contributed by atoms with Crippen LogP contribution in [0, 0.1) is 5.92 Å². The van der Waals surface area contributed by atoms with Gasteiger partial charge in [0.05, 0.1) is 86.2 Å². The lowest BCUT2D eigenvalue weighted by atomic mass is 9.79. The number of carbonyl (C=O) groups excluding carboxylic acids is 4. The van der Waals surface area contributed by atoms with E-state index in [0.717, 1.165) is 72.7 Å². The number of hydrazone groups is 1. The molecule has 4 rings (SSSR count). The fourth-order valence-electron chi connectivity index (χ4n) is 7.51. The van der Waals surface area contributed by atoms with E-state index in [1.165, 1.54) is 5.57 Å². The Bertz CT molecular complexity index is 1660. The molecule has 21 heteroatoms. The van der Waals surface area contributed by atoms with E-state index in [1.54, 1.807) is 0 Å². The highest BCUT2D eigenvalue weighted by Crippen LogP contribution is 2.35. The second-order valence-corrected chi connectivity index (χ2v) is 16.2. The molecule has 4 N–H and O–H groups in total. The van der Waals surface area contributed by atoms with Crippen molar-refractivity contribution in [3.8, 4) is 5.75 Å². The molecule has 2 aliphatic heterocycles. The summed E-state index contributed by atoms with van der Waals surface area (Å²) in [5.74, 6) is -0.864. The Kier molecular flexibility index (Phi) is 28.4. The molecule has 1 saturated heterocycles. The van der Waals surface area contributed by atoms with Gasteiger partial charge in [0.1, 0.15) is 18.5 Å². The second kappa shape index (κ2) is 34.2. The molecule has 2 fully saturated rings. The Morgan fingerprint density at radius 1 is 0.731 bits per heavy atom. The van der Waals surface area contributed by atoms with Crippen molar-refractivity contribution in [1.82, 2.24) is 26.2 Å². The first-order valence-corrected chi connectivity index (χ1v) is 23.8. The summed E-state index contributed by atoms with van der Waals surface area (Å²) in [6.07, 6.45) is 5.73. The number of fused-ring (bicyclic) bond motifs is 1. The Morgan fingerprint density at radius 3 is 1.85 bits per heavy atom. The molecule has 3 atom stereocenters. The highest BCUT2D eigenvalue weighted by Gasteiger charge is 2.35. The topological polar surface area (TPSA) is 215 Å². The highest BCUT2D eigenvalue weighted by atomic mass is 16.6. The van der Waals surface area contributed by atoms with Crippen molar-refractivity contribution in [2.45, 2.75) is 83.1 Å². The number of benzene rings is 1. The van der Waals surface area contributed by atoms with Gasteiger partial charge in [0, 0.05) is 69.7 Å². The van der Waals surface area contributed by atoms with Crippen molar-refractivity contribution in [3.05, 3.63) is 41.1 Å². The Labute approximate surface area is 398 Å². The molecule has 2 heterocycles. The maximum atomic E-state index is 12.7. The molecule has 370 valence electrons. The van der Waals surface area contributed by atoms with Crippen LogP contribution in [0.1, 0.15) is 76.7 Å². The number of imide groups is 1. The van der Waals surface area contributed by atoms with Crippen LogP contribution in [-0.4, -0.2) is 182 Å². The largest absolute Gasteiger partial charge is 0.491 e. The normalized spacial score (nSPS) is 18.5. The lowest BCUT2D eigenvalue weighted by molar-refractivity contribution is -0.138. The summed E-state index contributed by atoms with van der Waals surface area (Å²) < 4.78 is 50.5. The maximum absolute atomic E-state index is 12.7. The van der Waals surface area contributed by atoms with Crippen LogP contribution in [0.4, 0.5) is 4.79 Å². The van der Waals surface area contributed by atoms with Crippen molar-refractivity contribution in [3.63, 3.8) is 0 Å². The molecule has 3 aliphatic rings. The summed E-state index contributed by atoms with van der Waals surface area (Å²) in [7, 11) is 10.8. The first-order valence-electron chi connectivity index (χ1n) is 23.8. The lowest BCUT2D eigenvalue weighted by Crippen LogP contribution is -2.35. The fraction of sp³-hybridized carbons (Fsp3) is 0.717. The van der Waals surface area contributed by atoms with Gasteiger partial charge in [-0.2, -0.15) is 5.10 Å². The lowest BCUT2D eigenvalue weighted by Gasteiger charge is -2.32. The van der Waals surface area contributed by atoms with Gasteiger partial charge in [-0.15, -0.1) is 0 Å². The third-order valence-electron chi connectivity index (χ3n) is 11.1. The van der Waals surface area contributed by atoms with Crippen LogP contribution < -0.4 is 26.0 Å². The number of alkyl carbamates (subject to hydrolysis) is 1. The maximum Gasteiger partial charge on any atom is 0.407 e. The van der Waals surface area contributed by atoms with Gasteiger partial charge in [0.25, 0.3) is 0 Å². The van der Waals surface area contributed by atoms with E-state index in [2.05, 4.69) is 28.2 Å². The zero-order chi connectivity index (χ0) is 47.7. The molecule has 1 aliphatic carbocycles. The summed E-state index contributed by atoms with van der Waals surface area (Å²) in [6.45, 7) is 10.9. The van der Waals surface area contributed by atoms with Gasteiger partial charge in [0.2, 0.25) is 17.7 Å². The summed E-state index contributed by atoms with van der Waals surface area (Å²) in [6, 6.07) is 8.03. The zero-order valence-corrected chi connectivity index (χ0v) is 39.4. The van der Waals surface area contributed by atoms with E-state index in [9.17, 15) is 19.2 Å². The molecule has 0 aromatic heterocycles. The molecule has 0 bridgehead atoms. The molecule has 4 radical (unpaired) electrons. The molecular formula is C46H72B2N6O13. The van der Waals surface area contributed by atoms with Gasteiger partial charge in [-0.1, -0.05) is 0 Å². The Balaban J connectivity index is 0.950. The Morgan fingerprint density at radius 2 is 1.28 bits per heavy atom. The van der Waals surface area contributed by atoms with Crippen LogP contribution in [0.5, 0.6) is 5.75 Å². The number of ether oxygens (including phenoxy) is 9. The van der Waals surface area contributed by atoms with E-state index < -0.39 is 17.8 Å². The van der Waals surface area contributed by atoms with E-state index in [1.807, 2.05) is 24.3 Å². The van der Waals surface area contributed by atoms with Gasteiger partial charge < -0.3 is 58.5 Å². The first kappa shape index (κ1) is 55.5. The minimum atomic E-state index is -0.804. The number of nitrogens with one attached hydrogen (secondary N) is 4. The summed E-state index contributed by atoms with van der Waals surface area (Å²) >= 11 is 0. The molecule has 4 amide bonds. The van der Waals surface area contributed by atoms with Gasteiger partial charge in [0.15, 0.2) is 7.98 Å². The number of hydrogen-bond acceptors (Lipinski definition) is 16. The number of nitrogens with zero attached hydrogens (tertiary/aromatic N) is 2. The number of hydrogen-bond donors (Lipinski definition) is 4. The number of carbonyl (C=O) groups is 4. The fourth-order valence-corrected chi connectivity index (χ4v) is 7.51. The van der Waals surface area contributed by atoms with Gasteiger partial charge in [-0.05, 0) is 100 Å². The second-order valence-electron chi connectivity index (χ2n) is 16.2. The summed E-state index contributed by atoms with van der Waals surface area (Å²) in [5, 5.41) is 13.0. The number of allylic oxidation sites excluding steroid dienone is 2. The number of likely N-dealkylation sites (tertiary alicyclic amines) is 1. The quantitative estimate of drug-likeness (QED) is 0.0432. The molecular weight excluding hydrogens is 866 g/mol. The van der Waals surface area contributed by atoms with E-state index >= 15 is 0 Å². The van der Waals surface area contributed by atoms with Crippen LogP contribution in [0.3, 0.4) is 0 Å². The van der Waals surface area contributed by atoms with Crippen molar-refractivity contribution in [1.29, 1.82) is 0 Å². The van der Waals surface area contributed by atoms with Crippen LogP contribution >= 0.6 is 0 Å².